The third-order valence-electron chi connectivity index (χ3n) is 10.3. The summed E-state index contributed by atoms with van der Waals surface area (Å²) in [6.45, 7) is 2.23. The largest absolute Gasteiger partial charge is 0.497 e. The summed E-state index contributed by atoms with van der Waals surface area (Å²) in [6.07, 6.45) is 4.02. The number of nitrogens with zero attached hydrogens (tertiary/aromatic N) is 2. The second-order valence-electron chi connectivity index (χ2n) is 13.8. The van der Waals surface area contributed by atoms with Crippen LogP contribution in [0.4, 0.5) is 0 Å². The first kappa shape index (κ1) is 31.0. The van der Waals surface area contributed by atoms with E-state index in [4.69, 9.17) is 18.9 Å². The van der Waals surface area contributed by atoms with Gasteiger partial charge in [-0.15, -0.1) is 0 Å². The van der Waals surface area contributed by atoms with Crippen LogP contribution in [0.1, 0.15) is 45.5 Å². The predicted octanol–water partition coefficient (Wildman–Crippen LogP) is 7.34. The van der Waals surface area contributed by atoms with Gasteiger partial charge >= 0.3 is 0 Å². The molecule has 2 aliphatic heterocycles. The van der Waals surface area contributed by atoms with Gasteiger partial charge < -0.3 is 27.9 Å². The van der Waals surface area contributed by atoms with Gasteiger partial charge in [-0.1, -0.05) is 30.3 Å². The summed E-state index contributed by atoms with van der Waals surface area (Å²) >= 11 is 0. The van der Waals surface area contributed by atoms with Crippen LogP contribution in [0, 0.1) is 0 Å². The van der Waals surface area contributed by atoms with Crippen molar-refractivity contribution < 1.29 is 27.9 Å². The second-order valence-corrected chi connectivity index (χ2v) is 13.8. The molecule has 0 radical (unpaired) electrons. The molecule has 45 heavy (non-hydrogen) atoms. The number of rotatable bonds is 9. The Hall–Kier alpha value is -4.00. The van der Waals surface area contributed by atoms with Gasteiger partial charge in [0.1, 0.15) is 29.3 Å². The molecule has 2 atom stereocenters. The minimum Gasteiger partial charge on any atom is -0.497 e. The first-order valence-electron chi connectivity index (χ1n) is 16.0. The lowest BCUT2D eigenvalue weighted by Crippen LogP contribution is -2.48. The monoisotopic (exact) mass is 608 g/mol. The molecule has 0 fully saturated rings. The molecule has 6 heteroatoms. The molecule has 0 saturated heterocycles. The summed E-state index contributed by atoms with van der Waals surface area (Å²) < 4.78 is 25.3. The van der Waals surface area contributed by atoms with Gasteiger partial charge in [0.2, 0.25) is 0 Å². The number of fused-ring (bicyclic) bond motifs is 2. The van der Waals surface area contributed by atoms with Crippen LogP contribution in [0.15, 0.2) is 78.9 Å². The lowest BCUT2D eigenvalue weighted by atomic mass is 9.87. The fourth-order valence-electron chi connectivity index (χ4n) is 7.27. The Bertz CT molecular complexity index is 1660. The van der Waals surface area contributed by atoms with Crippen LogP contribution < -0.4 is 18.9 Å². The molecule has 4 aromatic carbocycles. The van der Waals surface area contributed by atoms with Crippen LogP contribution in [0.25, 0.3) is 0 Å². The zero-order chi connectivity index (χ0) is 31.8. The highest BCUT2D eigenvalue weighted by atomic mass is 16.5. The van der Waals surface area contributed by atoms with E-state index < -0.39 is 0 Å². The van der Waals surface area contributed by atoms with Gasteiger partial charge in [0.15, 0.2) is 11.5 Å². The lowest BCUT2D eigenvalue weighted by molar-refractivity contribution is -0.923. The van der Waals surface area contributed by atoms with Crippen molar-refractivity contribution in [2.24, 2.45) is 0 Å². The van der Waals surface area contributed by atoms with Crippen molar-refractivity contribution in [3.8, 4) is 28.7 Å². The van der Waals surface area contributed by atoms with Gasteiger partial charge in [-0.25, -0.2) is 0 Å². The van der Waals surface area contributed by atoms with Crippen LogP contribution in [0.3, 0.4) is 0 Å². The van der Waals surface area contributed by atoms with E-state index in [0.717, 1.165) is 76.5 Å². The fraction of sp³-hybridized carbons (Fsp3) is 0.385. The van der Waals surface area contributed by atoms with Gasteiger partial charge in [-0.3, -0.25) is 0 Å². The average Bonchev–Trinajstić information content (AvgIpc) is 3.04. The van der Waals surface area contributed by atoms with Crippen molar-refractivity contribution in [3.63, 3.8) is 0 Å². The highest BCUT2D eigenvalue weighted by molar-refractivity contribution is 5.47. The van der Waals surface area contributed by atoms with Crippen molar-refractivity contribution in [2.75, 3.05) is 62.6 Å². The summed E-state index contributed by atoms with van der Waals surface area (Å²) in [4.78, 5) is 0. The summed E-state index contributed by atoms with van der Waals surface area (Å²) in [5, 5.41) is 0. The van der Waals surface area contributed by atoms with Crippen LogP contribution in [0.2, 0.25) is 0 Å². The van der Waals surface area contributed by atoms with Gasteiger partial charge in [-0.05, 0) is 70.8 Å². The van der Waals surface area contributed by atoms with E-state index in [2.05, 4.69) is 101 Å². The Morgan fingerprint density at radius 3 is 1.53 bits per heavy atom. The lowest BCUT2D eigenvalue weighted by Gasteiger charge is -2.43. The maximum atomic E-state index is 6.49. The summed E-state index contributed by atoms with van der Waals surface area (Å²) in [5.41, 5.74) is 8.14. The van der Waals surface area contributed by atoms with Crippen LogP contribution >= 0.6 is 0 Å². The minimum atomic E-state index is 0.317. The standard InChI is InChI=1S/C39H48N2O4/c1-40(2)20-18-29-11-15-32(42-5)25-34(29)36(40)22-27-8-13-31(14-9-27)45-39-24-28(10-17-38(39)44-7)23-37-35-26-33(43-6)16-12-30(35)19-21-41(37,3)4/h8-17,24-26,36-37H,18-23H2,1-7H3/q+2/t36-,37+/m0/s1. The van der Waals surface area contributed by atoms with Gasteiger partial charge in [0.05, 0.1) is 62.6 Å². The van der Waals surface area contributed by atoms with E-state index in [1.54, 1.807) is 21.3 Å². The summed E-state index contributed by atoms with van der Waals surface area (Å²) in [6, 6.07) is 28.7. The molecular formula is C39H48N2O4+2. The van der Waals surface area contributed by atoms with E-state index in [-0.39, 0.29) is 0 Å². The van der Waals surface area contributed by atoms with Crippen molar-refractivity contribution in [1.29, 1.82) is 0 Å². The molecule has 0 amide bonds. The number of ether oxygens (including phenoxy) is 4. The quantitative estimate of drug-likeness (QED) is 0.186. The first-order chi connectivity index (χ1) is 21.6. The maximum Gasteiger partial charge on any atom is 0.169 e. The Kier molecular flexibility index (Phi) is 8.55. The molecule has 4 aromatic rings. The van der Waals surface area contributed by atoms with Gasteiger partial charge in [0.25, 0.3) is 0 Å². The number of hydrogen-bond donors (Lipinski definition) is 0. The second kappa shape index (κ2) is 12.4. The van der Waals surface area contributed by atoms with E-state index in [1.165, 1.54) is 33.4 Å². The topological polar surface area (TPSA) is 36.9 Å². The average molecular weight is 609 g/mol. The normalized spacial score (nSPS) is 19.6. The minimum absolute atomic E-state index is 0.317. The molecule has 0 N–H and O–H groups in total. The van der Waals surface area contributed by atoms with Crippen molar-refractivity contribution in [1.82, 2.24) is 0 Å². The molecule has 0 unspecified atom stereocenters. The molecule has 236 valence electrons. The number of hydrogen-bond acceptors (Lipinski definition) is 4. The maximum absolute atomic E-state index is 6.49. The zero-order valence-corrected chi connectivity index (χ0v) is 27.9. The highest BCUT2D eigenvalue weighted by Crippen LogP contribution is 2.41. The van der Waals surface area contributed by atoms with Crippen LogP contribution in [-0.4, -0.2) is 71.6 Å². The Morgan fingerprint density at radius 2 is 1.02 bits per heavy atom. The molecule has 2 aliphatic rings. The highest BCUT2D eigenvalue weighted by Gasteiger charge is 2.37. The Labute approximate surface area is 268 Å². The van der Waals surface area contributed by atoms with Crippen molar-refractivity contribution >= 4 is 0 Å². The van der Waals surface area contributed by atoms with E-state index in [0.29, 0.717) is 12.1 Å². The third-order valence-corrected chi connectivity index (χ3v) is 10.3. The molecule has 6 nitrogen and oxygen atoms in total. The van der Waals surface area contributed by atoms with E-state index >= 15 is 0 Å². The number of quaternary nitrogens is 2. The molecule has 2 heterocycles. The van der Waals surface area contributed by atoms with Gasteiger partial charge in [-0.2, -0.15) is 0 Å². The third kappa shape index (κ3) is 6.40. The molecular weight excluding hydrogens is 560 g/mol. The first-order valence-corrected chi connectivity index (χ1v) is 16.0. The molecule has 0 aromatic heterocycles. The molecule has 6 rings (SSSR count). The molecule has 0 spiro atoms. The zero-order valence-electron chi connectivity index (χ0n) is 27.9. The van der Waals surface area contributed by atoms with E-state index in [1.807, 2.05) is 6.07 Å². The van der Waals surface area contributed by atoms with Crippen LogP contribution in [0.5, 0.6) is 28.7 Å². The smallest absolute Gasteiger partial charge is 0.169 e. The Morgan fingerprint density at radius 1 is 0.533 bits per heavy atom. The van der Waals surface area contributed by atoms with Gasteiger partial charge in [0, 0.05) is 36.8 Å². The van der Waals surface area contributed by atoms with Crippen LogP contribution in [-0.2, 0) is 25.7 Å². The number of methoxy groups -OCH3 is 3. The predicted molar refractivity (Wildman–Crippen MR) is 180 cm³/mol. The summed E-state index contributed by atoms with van der Waals surface area (Å²) in [7, 11) is 14.5. The summed E-state index contributed by atoms with van der Waals surface area (Å²) in [5.74, 6) is 4.11. The fourth-order valence-corrected chi connectivity index (χ4v) is 7.27. The number of likely N-dealkylation sites (N-methyl/N-ethyl adjacent to an activating group) is 2. The molecule has 0 bridgehead atoms. The molecule has 0 saturated carbocycles. The number of benzene rings is 4. The Balaban J connectivity index is 1.22. The van der Waals surface area contributed by atoms with Crippen molar-refractivity contribution in [3.05, 3.63) is 112 Å². The van der Waals surface area contributed by atoms with E-state index in [9.17, 15) is 0 Å². The SMILES string of the molecule is COc1ccc2c(c1)[C@@H](Cc1ccc(OC)c(Oc3ccc(C[C@H]4c5cc(OC)ccc5CC[N+]4(C)C)cc3)c1)[N+](C)(C)CC2. The van der Waals surface area contributed by atoms with Crippen molar-refractivity contribution in [2.45, 2.75) is 37.8 Å². The molecule has 0 aliphatic carbocycles.